The number of aromatic nitrogens is 2. The fourth-order valence-corrected chi connectivity index (χ4v) is 4.17. The Hall–Kier alpha value is -2.35. The molecule has 0 saturated carbocycles. The Kier molecular flexibility index (Phi) is 5.31. The fourth-order valence-electron chi connectivity index (χ4n) is 3.13. The lowest BCUT2D eigenvalue weighted by Gasteiger charge is -2.33. The molecule has 0 radical (unpaired) electrons. The van der Waals surface area contributed by atoms with Crippen LogP contribution in [0.5, 0.6) is 5.75 Å². The molecule has 3 heterocycles. The van der Waals surface area contributed by atoms with Gasteiger partial charge >= 0.3 is 0 Å². The number of rotatable bonds is 5. The SMILES string of the molecule is COc1cccnc1Nc1ccc(N2CCCC(S(C)(=O)=O)C2)nc1C. The smallest absolute Gasteiger partial charge is 0.173 e. The molecule has 2 aromatic rings. The summed E-state index contributed by atoms with van der Waals surface area (Å²) < 4.78 is 29.1. The second kappa shape index (κ2) is 7.49. The molecule has 140 valence electrons. The first-order chi connectivity index (χ1) is 12.4. The molecule has 1 atom stereocenters. The second-order valence-corrected chi connectivity index (χ2v) is 8.85. The van der Waals surface area contributed by atoms with E-state index in [4.69, 9.17) is 4.74 Å². The lowest BCUT2D eigenvalue weighted by molar-refractivity contribution is 0.415. The van der Waals surface area contributed by atoms with E-state index in [1.165, 1.54) is 6.26 Å². The highest BCUT2D eigenvalue weighted by Crippen LogP contribution is 2.28. The summed E-state index contributed by atoms with van der Waals surface area (Å²) in [6.45, 7) is 3.23. The zero-order chi connectivity index (χ0) is 18.7. The van der Waals surface area contributed by atoms with Crippen molar-refractivity contribution >= 4 is 27.2 Å². The minimum absolute atomic E-state index is 0.325. The van der Waals surface area contributed by atoms with Crippen molar-refractivity contribution in [2.75, 3.05) is 36.7 Å². The van der Waals surface area contributed by atoms with Gasteiger partial charge in [0, 0.05) is 25.5 Å². The number of pyridine rings is 2. The standard InChI is InChI=1S/C18H24N4O3S/c1-13-15(21-18-16(25-2)7-4-10-19-18)8-9-17(20-13)22-11-5-6-14(12-22)26(3,23)24/h4,7-10,14H,5-6,11-12H2,1-3H3,(H,19,21). The molecule has 1 saturated heterocycles. The number of hydrogen-bond donors (Lipinski definition) is 1. The van der Waals surface area contributed by atoms with Crippen LogP contribution in [0.2, 0.25) is 0 Å². The van der Waals surface area contributed by atoms with E-state index in [9.17, 15) is 8.42 Å². The number of piperidine rings is 1. The summed E-state index contributed by atoms with van der Waals surface area (Å²) in [6, 6.07) is 7.50. The van der Waals surface area contributed by atoms with E-state index >= 15 is 0 Å². The van der Waals surface area contributed by atoms with E-state index in [-0.39, 0.29) is 5.25 Å². The van der Waals surface area contributed by atoms with Gasteiger partial charge in [-0.1, -0.05) is 0 Å². The molecule has 1 N–H and O–H groups in total. The van der Waals surface area contributed by atoms with Crippen LogP contribution in [0, 0.1) is 6.92 Å². The number of sulfone groups is 1. The zero-order valence-corrected chi connectivity index (χ0v) is 16.1. The van der Waals surface area contributed by atoms with Crippen LogP contribution in [0.15, 0.2) is 30.5 Å². The molecule has 0 amide bonds. The van der Waals surface area contributed by atoms with Crippen LogP contribution in [0.4, 0.5) is 17.3 Å². The largest absolute Gasteiger partial charge is 0.493 e. The Balaban J connectivity index is 1.79. The van der Waals surface area contributed by atoms with E-state index in [0.29, 0.717) is 24.5 Å². The summed E-state index contributed by atoms with van der Waals surface area (Å²) in [7, 11) is -1.44. The van der Waals surface area contributed by atoms with Crippen molar-refractivity contribution in [2.45, 2.75) is 25.0 Å². The predicted molar refractivity (Wildman–Crippen MR) is 103 cm³/mol. The lowest BCUT2D eigenvalue weighted by Crippen LogP contribution is -2.42. The average Bonchev–Trinajstić information content (AvgIpc) is 2.63. The molecule has 1 unspecified atom stereocenters. The van der Waals surface area contributed by atoms with Crippen molar-refractivity contribution in [2.24, 2.45) is 0 Å². The molecule has 26 heavy (non-hydrogen) atoms. The first-order valence-electron chi connectivity index (χ1n) is 8.56. The molecule has 0 aliphatic carbocycles. The van der Waals surface area contributed by atoms with Gasteiger partial charge in [0.25, 0.3) is 0 Å². The predicted octanol–water partition coefficient (Wildman–Crippen LogP) is 2.55. The van der Waals surface area contributed by atoms with Gasteiger partial charge in [-0.2, -0.15) is 0 Å². The summed E-state index contributed by atoms with van der Waals surface area (Å²) in [5.41, 5.74) is 1.65. The Morgan fingerprint density at radius 3 is 2.81 bits per heavy atom. The number of nitrogens with zero attached hydrogens (tertiary/aromatic N) is 3. The fraction of sp³-hybridized carbons (Fsp3) is 0.444. The highest BCUT2D eigenvalue weighted by molar-refractivity contribution is 7.91. The molecular weight excluding hydrogens is 352 g/mol. The topological polar surface area (TPSA) is 84.4 Å². The first kappa shape index (κ1) is 18.4. The maximum Gasteiger partial charge on any atom is 0.173 e. The lowest BCUT2D eigenvalue weighted by atomic mass is 10.1. The van der Waals surface area contributed by atoms with E-state index in [1.807, 2.05) is 36.1 Å². The van der Waals surface area contributed by atoms with Gasteiger partial charge in [0.2, 0.25) is 0 Å². The van der Waals surface area contributed by atoms with Crippen LogP contribution in [-0.4, -0.2) is 50.1 Å². The van der Waals surface area contributed by atoms with Gasteiger partial charge in [-0.05, 0) is 44.0 Å². The van der Waals surface area contributed by atoms with Gasteiger partial charge < -0.3 is 15.0 Å². The van der Waals surface area contributed by atoms with Crippen molar-refractivity contribution in [3.63, 3.8) is 0 Å². The second-order valence-electron chi connectivity index (χ2n) is 6.52. The quantitative estimate of drug-likeness (QED) is 0.858. The minimum atomic E-state index is -3.04. The molecule has 1 aliphatic rings. The van der Waals surface area contributed by atoms with Gasteiger partial charge in [-0.15, -0.1) is 0 Å². The van der Waals surface area contributed by atoms with E-state index < -0.39 is 9.84 Å². The highest BCUT2D eigenvalue weighted by atomic mass is 32.2. The van der Waals surface area contributed by atoms with Crippen LogP contribution in [0.1, 0.15) is 18.5 Å². The number of aryl methyl sites for hydroxylation is 1. The maximum absolute atomic E-state index is 11.9. The molecule has 0 bridgehead atoms. The molecule has 1 fully saturated rings. The molecule has 0 aromatic carbocycles. The number of anilines is 3. The van der Waals surface area contributed by atoms with Crippen LogP contribution >= 0.6 is 0 Å². The molecule has 0 spiro atoms. The normalized spacial score (nSPS) is 17.8. The first-order valence-corrected chi connectivity index (χ1v) is 10.5. The molecule has 3 rings (SSSR count). The third-order valence-corrected chi connectivity index (χ3v) is 6.22. The van der Waals surface area contributed by atoms with Gasteiger partial charge in [-0.3, -0.25) is 0 Å². The summed E-state index contributed by atoms with van der Waals surface area (Å²) in [6.07, 6.45) is 4.57. The Morgan fingerprint density at radius 2 is 2.12 bits per heavy atom. The van der Waals surface area contributed by atoms with Crippen molar-refractivity contribution in [3.8, 4) is 5.75 Å². The number of methoxy groups -OCH3 is 1. The summed E-state index contributed by atoms with van der Waals surface area (Å²) >= 11 is 0. The minimum Gasteiger partial charge on any atom is -0.493 e. The Labute approximate surface area is 154 Å². The van der Waals surface area contributed by atoms with Gasteiger partial charge in [0.05, 0.1) is 23.7 Å². The van der Waals surface area contributed by atoms with Crippen LogP contribution in [-0.2, 0) is 9.84 Å². The molecule has 2 aromatic heterocycles. The summed E-state index contributed by atoms with van der Waals surface area (Å²) in [5, 5.41) is 2.92. The molecule has 7 nitrogen and oxygen atoms in total. The summed E-state index contributed by atoms with van der Waals surface area (Å²) in [4.78, 5) is 11.0. The molecule has 1 aliphatic heterocycles. The van der Waals surface area contributed by atoms with Gasteiger partial charge in [0.15, 0.2) is 21.4 Å². The molecule has 8 heteroatoms. The van der Waals surface area contributed by atoms with E-state index in [0.717, 1.165) is 30.2 Å². The van der Waals surface area contributed by atoms with Crippen molar-refractivity contribution in [1.29, 1.82) is 0 Å². The van der Waals surface area contributed by atoms with Crippen LogP contribution < -0.4 is 15.0 Å². The Morgan fingerprint density at radius 1 is 1.31 bits per heavy atom. The summed E-state index contributed by atoms with van der Waals surface area (Å²) in [5.74, 6) is 2.08. The van der Waals surface area contributed by atoms with Crippen molar-refractivity contribution in [3.05, 3.63) is 36.2 Å². The van der Waals surface area contributed by atoms with E-state index in [1.54, 1.807) is 13.3 Å². The third kappa shape index (κ3) is 4.07. The van der Waals surface area contributed by atoms with Gasteiger partial charge in [0.1, 0.15) is 5.82 Å². The maximum atomic E-state index is 11.9. The van der Waals surface area contributed by atoms with Crippen LogP contribution in [0.3, 0.4) is 0 Å². The average molecular weight is 376 g/mol. The highest BCUT2D eigenvalue weighted by Gasteiger charge is 2.28. The zero-order valence-electron chi connectivity index (χ0n) is 15.3. The van der Waals surface area contributed by atoms with Crippen molar-refractivity contribution in [1.82, 2.24) is 9.97 Å². The Bertz CT molecular complexity index is 886. The molecular formula is C18H24N4O3S. The monoisotopic (exact) mass is 376 g/mol. The van der Waals surface area contributed by atoms with Crippen molar-refractivity contribution < 1.29 is 13.2 Å². The van der Waals surface area contributed by atoms with E-state index in [2.05, 4.69) is 15.3 Å². The third-order valence-electron chi connectivity index (χ3n) is 4.62. The number of hydrogen-bond acceptors (Lipinski definition) is 7. The van der Waals surface area contributed by atoms with Crippen LogP contribution in [0.25, 0.3) is 0 Å². The van der Waals surface area contributed by atoms with Gasteiger partial charge in [-0.25, -0.2) is 18.4 Å². The number of nitrogens with one attached hydrogen (secondary N) is 1. The number of ether oxygens (including phenoxy) is 1.